The predicted molar refractivity (Wildman–Crippen MR) is 155 cm³/mol. The Morgan fingerprint density at radius 2 is 1.79 bits per heavy atom. The van der Waals surface area contributed by atoms with Gasteiger partial charge in [0.25, 0.3) is 0 Å². The number of phenols is 1. The van der Waals surface area contributed by atoms with Crippen molar-refractivity contribution in [1.29, 1.82) is 5.26 Å². The Bertz CT molecular complexity index is 1700. The third-order valence-corrected chi connectivity index (χ3v) is 7.03. The highest BCUT2D eigenvalue weighted by atomic mass is 16.3. The molecule has 0 saturated carbocycles. The van der Waals surface area contributed by atoms with Crippen molar-refractivity contribution in [2.75, 3.05) is 0 Å². The maximum atomic E-state index is 12.8. The third-order valence-electron chi connectivity index (χ3n) is 7.03. The number of carbonyl (C=O) groups excluding carboxylic acids is 1. The van der Waals surface area contributed by atoms with Gasteiger partial charge in [0, 0.05) is 29.4 Å². The van der Waals surface area contributed by atoms with Crippen molar-refractivity contribution in [3.8, 4) is 22.9 Å². The molecule has 5 aromatic rings. The molecule has 5 nitrogen and oxygen atoms in total. The summed E-state index contributed by atoms with van der Waals surface area (Å²) in [6.45, 7) is 2.09. The molecule has 0 aliphatic carbocycles. The Balaban J connectivity index is 1.30. The standard InChI is InChI=1S/C33H28BN3O2/c1-22(15-33(39)26-9-5-8-25(17-26)20-35)14-24-7-4-6-23(16-24)12-13-28-18-27(29-10-2-3-11-32(29)38)19-31-30(34)21-36-37(28)31/h2-11,16-19,21-22,38H,12-15H2,1H3. The van der Waals surface area contributed by atoms with E-state index < -0.39 is 0 Å². The van der Waals surface area contributed by atoms with Crippen LogP contribution in [0, 0.1) is 17.2 Å². The first-order valence-corrected chi connectivity index (χ1v) is 13.1. The fourth-order valence-electron chi connectivity index (χ4n) is 5.08. The third kappa shape index (κ3) is 5.94. The Morgan fingerprint density at radius 1 is 1.00 bits per heavy atom. The van der Waals surface area contributed by atoms with E-state index in [0.717, 1.165) is 41.6 Å². The number of hydrogen-bond donors (Lipinski definition) is 1. The first-order valence-electron chi connectivity index (χ1n) is 13.1. The van der Waals surface area contributed by atoms with Gasteiger partial charge in [0.2, 0.25) is 0 Å². The van der Waals surface area contributed by atoms with E-state index in [1.165, 1.54) is 11.1 Å². The number of fused-ring (bicyclic) bond motifs is 1. The van der Waals surface area contributed by atoms with Gasteiger partial charge in [-0.15, -0.1) is 0 Å². The molecule has 0 amide bonds. The first kappa shape index (κ1) is 26.0. The molecule has 1 N–H and O–H groups in total. The number of aromatic hydroxyl groups is 1. The highest BCUT2D eigenvalue weighted by molar-refractivity contribution is 6.36. The van der Waals surface area contributed by atoms with Gasteiger partial charge in [-0.25, -0.2) is 4.52 Å². The smallest absolute Gasteiger partial charge is 0.163 e. The van der Waals surface area contributed by atoms with Crippen LogP contribution in [0.1, 0.15) is 46.1 Å². The molecule has 3 aromatic carbocycles. The minimum Gasteiger partial charge on any atom is -0.507 e. The van der Waals surface area contributed by atoms with Gasteiger partial charge in [0.1, 0.15) is 13.6 Å². The molecule has 2 aromatic heterocycles. The number of benzene rings is 3. The summed E-state index contributed by atoms with van der Waals surface area (Å²) in [6, 6.07) is 28.8. The number of phenolic OH excluding ortho intramolecular Hbond substituents is 1. The highest BCUT2D eigenvalue weighted by Gasteiger charge is 2.14. The molecule has 0 fully saturated rings. The van der Waals surface area contributed by atoms with Crippen molar-refractivity contribution in [1.82, 2.24) is 9.61 Å². The van der Waals surface area contributed by atoms with Crippen LogP contribution < -0.4 is 5.46 Å². The maximum absolute atomic E-state index is 12.8. The van der Waals surface area contributed by atoms with Gasteiger partial charge in [-0.05, 0) is 72.2 Å². The van der Waals surface area contributed by atoms with Crippen LogP contribution in [-0.2, 0) is 19.3 Å². The quantitative estimate of drug-likeness (QED) is 0.207. The van der Waals surface area contributed by atoms with E-state index >= 15 is 0 Å². The molecule has 2 radical (unpaired) electrons. The van der Waals surface area contributed by atoms with Gasteiger partial charge in [-0.1, -0.05) is 67.0 Å². The van der Waals surface area contributed by atoms with E-state index in [4.69, 9.17) is 13.1 Å². The summed E-state index contributed by atoms with van der Waals surface area (Å²) in [6.07, 6.45) is 4.43. The lowest BCUT2D eigenvalue weighted by Gasteiger charge is -2.13. The zero-order valence-corrected chi connectivity index (χ0v) is 21.8. The van der Waals surface area contributed by atoms with E-state index in [1.807, 2.05) is 22.7 Å². The van der Waals surface area contributed by atoms with Crippen molar-refractivity contribution in [3.05, 3.63) is 119 Å². The maximum Gasteiger partial charge on any atom is 0.163 e. The van der Waals surface area contributed by atoms with Crippen LogP contribution in [0.25, 0.3) is 16.6 Å². The number of rotatable bonds is 9. The molecule has 6 heteroatoms. The Labute approximate surface area is 229 Å². The van der Waals surface area contributed by atoms with Crippen molar-refractivity contribution in [2.24, 2.45) is 5.92 Å². The number of pyridine rings is 1. The zero-order chi connectivity index (χ0) is 27.4. The van der Waals surface area contributed by atoms with E-state index in [1.54, 1.807) is 42.6 Å². The summed E-state index contributed by atoms with van der Waals surface area (Å²) < 4.78 is 1.87. The minimum atomic E-state index is 0.0580. The normalized spacial score (nSPS) is 11.8. The fraction of sp³-hybridized carbons (Fsp3) is 0.182. The topological polar surface area (TPSA) is 78.4 Å². The van der Waals surface area contributed by atoms with Gasteiger partial charge in [0.05, 0.1) is 17.1 Å². The van der Waals surface area contributed by atoms with Gasteiger partial charge < -0.3 is 5.11 Å². The molecule has 0 saturated heterocycles. The largest absolute Gasteiger partial charge is 0.507 e. The molecule has 5 rings (SSSR count). The number of carbonyl (C=O) groups is 1. The Morgan fingerprint density at radius 3 is 2.62 bits per heavy atom. The molecule has 1 atom stereocenters. The van der Waals surface area contributed by atoms with Crippen LogP contribution in [0.5, 0.6) is 5.75 Å². The number of aryl methyl sites for hydroxylation is 2. The molecule has 2 heterocycles. The second-order valence-electron chi connectivity index (χ2n) is 10.1. The molecule has 0 aliphatic heterocycles. The van der Waals surface area contributed by atoms with Crippen LogP contribution in [0.3, 0.4) is 0 Å². The van der Waals surface area contributed by atoms with E-state index in [-0.39, 0.29) is 17.5 Å². The Kier molecular flexibility index (Phi) is 7.61. The SMILES string of the molecule is [B]c1cnn2c(CCc3cccc(CC(C)CC(=O)c4cccc(C#N)c4)c3)cc(-c3ccccc3O)cc12. The first-order chi connectivity index (χ1) is 18.9. The number of ketones is 1. The highest BCUT2D eigenvalue weighted by Crippen LogP contribution is 2.30. The summed E-state index contributed by atoms with van der Waals surface area (Å²) in [5.41, 5.74) is 7.56. The molecular formula is C33H28BN3O2. The number of Topliss-reactive ketones (excluding diaryl/α,β-unsaturated/α-hetero) is 1. The molecule has 0 spiro atoms. The van der Waals surface area contributed by atoms with Crippen molar-refractivity contribution in [3.63, 3.8) is 0 Å². The van der Waals surface area contributed by atoms with E-state index in [0.29, 0.717) is 23.0 Å². The van der Waals surface area contributed by atoms with Gasteiger partial charge in [-0.2, -0.15) is 10.4 Å². The van der Waals surface area contributed by atoms with Crippen molar-refractivity contribution >= 4 is 24.6 Å². The summed E-state index contributed by atoms with van der Waals surface area (Å²) in [5, 5.41) is 24.0. The molecular weight excluding hydrogens is 481 g/mol. The second-order valence-corrected chi connectivity index (χ2v) is 10.1. The predicted octanol–water partition coefficient (Wildman–Crippen LogP) is 5.61. The van der Waals surface area contributed by atoms with Crippen LogP contribution in [0.15, 0.2) is 91.1 Å². The summed E-state index contributed by atoms with van der Waals surface area (Å²) in [5.74, 6) is 0.451. The minimum absolute atomic E-state index is 0.0580. The van der Waals surface area contributed by atoms with Gasteiger partial charge in [0.15, 0.2) is 5.78 Å². The summed E-state index contributed by atoms with van der Waals surface area (Å²) in [7, 11) is 6.21. The Hall–Kier alpha value is -4.63. The van der Waals surface area contributed by atoms with Crippen LogP contribution in [0.2, 0.25) is 0 Å². The van der Waals surface area contributed by atoms with Crippen molar-refractivity contribution in [2.45, 2.75) is 32.6 Å². The van der Waals surface area contributed by atoms with Crippen LogP contribution >= 0.6 is 0 Å². The monoisotopic (exact) mass is 509 g/mol. The molecule has 39 heavy (non-hydrogen) atoms. The number of nitrogens with zero attached hydrogens (tertiary/aromatic N) is 3. The van der Waals surface area contributed by atoms with Crippen LogP contribution in [-0.4, -0.2) is 28.4 Å². The summed E-state index contributed by atoms with van der Waals surface area (Å²) in [4.78, 5) is 12.8. The molecule has 1 unspecified atom stereocenters. The number of hydrogen-bond acceptors (Lipinski definition) is 4. The molecule has 0 bridgehead atoms. The summed E-state index contributed by atoms with van der Waals surface area (Å²) >= 11 is 0. The van der Waals surface area contributed by atoms with Gasteiger partial charge >= 0.3 is 0 Å². The van der Waals surface area contributed by atoms with E-state index in [2.05, 4.69) is 48.4 Å². The lowest BCUT2D eigenvalue weighted by molar-refractivity contribution is 0.0964. The molecule has 0 aliphatic rings. The lowest BCUT2D eigenvalue weighted by atomic mass is 9.92. The van der Waals surface area contributed by atoms with E-state index in [9.17, 15) is 9.90 Å². The van der Waals surface area contributed by atoms with Crippen LogP contribution in [0.4, 0.5) is 0 Å². The fourth-order valence-corrected chi connectivity index (χ4v) is 5.08. The average molecular weight is 509 g/mol. The number of para-hydroxylation sites is 1. The lowest BCUT2D eigenvalue weighted by Crippen LogP contribution is -2.09. The number of nitriles is 1. The zero-order valence-electron chi connectivity index (χ0n) is 21.8. The molecule has 190 valence electrons. The van der Waals surface area contributed by atoms with Crippen molar-refractivity contribution < 1.29 is 9.90 Å². The average Bonchev–Trinajstić information content (AvgIpc) is 3.32. The van der Waals surface area contributed by atoms with Gasteiger partial charge in [-0.3, -0.25) is 4.79 Å². The number of aromatic nitrogens is 2. The second kappa shape index (κ2) is 11.4.